The van der Waals surface area contributed by atoms with Crippen molar-refractivity contribution in [3.63, 3.8) is 0 Å². The fraction of sp³-hybridized carbons (Fsp3) is 1.00. The van der Waals surface area contributed by atoms with Crippen molar-refractivity contribution < 1.29 is 10.2 Å². The van der Waals surface area contributed by atoms with Crippen LogP contribution in [0.5, 0.6) is 0 Å². The first-order chi connectivity index (χ1) is 6.20. The number of aliphatic hydroxyl groups excluding tert-OH is 2. The Morgan fingerprint density at radius 1 is 1.08 bits per heavy atom. The Morgan fingerprint density at radius 2 is 1.69 bits per heavy atom. The van der Waals surface area contributed by atoms with Gasteiger partial charge in [0.05, 0.1) is 12.7 Å². The molecule has 2 heteroatoms. The van der Waals surface area contributed by atoms with Crippen LogP contribution in [0.25, 0.3) is 0 Å². The van der Waals surface area contributed by atoms with Crippen LogP contribution in [-0.2, 0) is 0 Å². The summed E-state index contributed by atoms with van der Waals surface area (Å²) in [5.41, 5.74) is 0. The Hall–Kier alpha value is -0.0800. The molecule has 2 atom stereocenters. The van der Waals surface area contributed by atoms with E-state index in [1.54, 1.807) is 0 Å². The summed E-state index contributed by atoms with van der Waals surface area (Å²) in [6.07, 6.45) is 6.33. The van der Waals surface area contributed by atoms with Crippen LogP contribution in [0.15, 0.2) is 0 Å². The molecule has 0 saturated carbocycles. The smallest absolute Gasteiger partial charge is 0.0770 e. The maximum atomic E-state index is 9.10. The largest absolute Gasteiger partial charge is 0.394 e. The van der Waals surface area contributed by atoms with Crippen molar-refractivity contribution >= 4 is 0 Å². The third-order valence-electron chi connectivity index (χ3n) is 2.50. The Bertz CT molecular complexity index is 104. The number of aliphatic hydroxyl groups is 2. The summed E-state index contributed by atoms with van der Waals surface area (Å²) in [6.45, 7) is 4.38. The van der Waals surface area contributed by atoms with Crippen molar-refractivity contribution in [2.45, 2.75) is 58.5 Å². The molecule has 0 bridgehead atoms. The average Bonchev–Trinajstić information content (AvgIpc) is 2.14. The highest BCUT2D eigenvalue weighted by molar-refractivity contribution is 4.57. The maximum Gasteiger partial charge on any atom is 0.0770 e. The SMILES string of the molecule is CCCCC(C)CCCC(O)CO. The van der Waals surface area contributed by atoms with Crippen molar-refractivity contribution in [3.05, 3.63) is 0 Å². The quantitative estimate of drug-likeness (QED) is 0.614. The topological polar surface area (TPSA) is 40.5 Å². The molecule has 0 aliphatic rings. The molecule has 2 unspecified atom stereocenters. The van der Waals surface area contributed by atoms with Crippen LogP contribution in [0, 0.1) is 5.92 Å². The lowest BCUT2D eigenvalue weighted by atomic mass is 9.97. The minimum atomic E-state index is -0.502. The molecule has 0 fully saturated rings. The van der Waals surface area contributed by atoms with E-state index < -0.39 is 6.10 Å². The highest BCUT2D eigenvalue weighted by Gasteiger charge is 2.04. The van der Waals surface area contributed by atoms with Crippen molar-refractivity contribution in [3.8, 4) is 0 Å². The van der Waals surface area contributed by atoms with Gasteiger partial charge in [0, 0.05) is 0 Å². The van der Waals surface area contributed by atoms with Crippen LogP contribution in [0.2, 0.25) is 0 Å². The number of hydrogen-bond acceptors (Lipinski definition) is 2. The molecule has 0 saturated heterocycles. The number of hydrogen-bond donors (Lipinski definition) is 2. The second-order valence-electron chi connectivity index (χ2n) is 4.01. The molecule has 0 heterocycles. The first-order valence-electron chi connectivity index (χ1n) is 5.49. The fourth-order valence-corrected chi connectivity index (χ4v) is 1.49. The highest BCUT2D eigenvalue weighted by Crippen LogP contribution is 2.15. The molecule has 0 aliphatic carbocycles. The van der Waals surface area contributed by atoms with E-state index >= 15 is 0 Å². The van der Waals surface area contributed by atoms with Crippen LogP contribution >= 0.6 is 0 Å². The van der Waals surface area contributed by atoms with Crippen LogP contribution in [0.4, 0.5) is 0 Å². The van der Waals surface area contributed by atoms with E-state index in [-0.39, 0.29) is 6.61 Å². The minimum Gasteiger partial charge on any atom is -0.394 e. The van der Waals surface area contributed by atoms with Gasteiger partial charge in [0.1, 0.15) is 0 Å². The summed E-state index contributed by atoms with van der Waals surface area (Å²) in [5.74, 6) is 0.769. The second-order valence-corrected chi connectivity index (χ2v) is 4.01. The van der Waals surface area contributed by atoms with E-state index in [9.17, 15) is 0 Å². The first-order valence-corrected chi connectivity index (χ1v) is 5.49. The standard InChI is InChI=1S/C11H24O2/c1-3-4-6-10(2)7-5-8-11(13)9-12/h10-13H,3-9H2,1-2H3. The molecule has 0 aromatic rings. The van der Waals surface area contributed by atoms with E-state index in [1.165, 1.54) is 25.7 Å². The van der Waals surface area contributed by atoms with Gasteiger partial charge in [0.15, 0.2) is 0 Å². The van der Waals surface area contributed by atoms with Gasteiger partial charge in [-0.15, -0.1) is 0 Å². The second kappa shape index (κ2) is 8.52. The molecule has 0 aromatic heterocycles. The van der Waals surface area contributed by atoms with Crippen LogP contribution in [-0.4, -0.2) is 22.9 Å². The van der Waals surface area contributed by atoms with Gasteiger partial charge >= 0.3 is 0 Å². The predicted molar refractivity (Wildman–Crippen MR) is 55.6 cm³/mol. The third kappa shape index (κ3) is 8.26. The Labute approximate surface area is 82.0 Å². The third-order valence-corrected chi connectivity index (χ3v) is 2.50. The molecular weight excluding hydrogens is 164 g/mol. The number of unbranched alkanes of at least 4 members (excludes halogenated alkanes) is 1. The normalized spacial score (nSPS) is 15.7. The monoisotopic (exact) mass is 188 g/mol. The van der Waals surface area contributed by atoms with Gasteiger partial charge in [0.25, 0.3) is 0 Å². The molecule has 13 heavy (non-hydrogen) atoms. The minimum absolute atomic E-state index is 0.0939. The van der Waals surface area contributed by atoms with Gasteiger partial charge in [0.2, 0.25) is 0 Å². The molecular formula is C11H24O2. The summed E-state index contributed by atoms with van der Waals surface area (Å²) in [7, 11) is 0. The van der Waals surface area contributed by atoms with Crippen molar-refractivity contribution in [1.82, 2.24) is 0 Å². The molecule has 0 spiro atoms. The summed E-state index contributed by atoms with van der Waals surface area (Å²) in [5, 5.41) is 17.7. The first kappa shape index (κ1) is 12.9. The number of rotatable bonds is 8. The zero-order valence-corrected chi connectivity index (χ0v) is 9.00. The highest BCUT2D eigenvalue weighted by atomic mass is 16.3. The molecule has 0 amide bonds. The van der Waals surface area contributed by atoms with E-state index in [2.05, 4.69) is 13.8 Å². The summed E-state index contributed by atoms with van der Waals surface area (Å²) in [4.78, 5) is 0. The van der Waals surface area contributed by atoms with Crippen molar-refractivity contribution in [2.75, 3.05) is 6.61 Å². The summed E-state index contributed by atoms with van der Waals surface area (Å²) >= 11 is 0. The summed E-state index contributed by atoms with van der Waals surface area (Å²) in [6, 6.07) is 0. The van der Waals surface area contributed by atoms with E-state index in [0.29, 0.717) is 0 Å². The van der Waals surface area contributed by atoms with E-state index in [4.69, 9.17) is 10.2 Å². The fourth-order valence-electron chi connectivity index (χ4n) is 1.49. The van der Waals surface area contributed by atoms with Crippen LogP contribution in [0.1, 0.15) is 52.4 Å². The molecule has 2 N–H and O–H groups in total. The van der Waals surface area contributed by atoms with Crippen molar-refractivity contribution in [2.24, 2.45) is 5.92 Å². The lowest BCUT2D eigenvalue weighted by molar-refractivity contribution is 0.0850. The molecule has 2 nitrogen and oxygen atoms in total. The maximum absolute atomic E-state index is 9.10. The van der Waals surface area contributed by atoms with Crippen LogP contribution < -0.4 is 0 Å². The predicted octanol–water partition coefficient (Wildman–Crippen LogP) is 2.34. The van der Waals surface area contributed by atoms with Gasteiger partial charge in [-0.3, -0.25) is 0 Å². The van der Waals surface area contributed by atoms with Gasteiger partial charge in [-0.2, -0.15) is 0 Å². The summed E-state index contributed by atoms with van der Waals surface area (Å²) < 4.78 is 0. The Morgan fingerprint density at radius 3 is 2.23 bits per heavy atom. The van der Waals surface area contributed by atoms with Crippen LogP contribution in [0.3, 0.4) is 0 Å². The van der Waals surface area contributed by atoms with Gasteiger partial charge in [-0.1, -0.05) is 46.0 Å². The lowest BCUT2D eigenvalue weighted by Gasteiger charge is -2.11. The molecule has 0 rings (SSSR count). The molecule has 0 aromatic carbocycles. The average molecular weight is 188 g/mol. The lowest BCUT2D eigenvalue weighted by Crippen LogP contribution is -2.11. The van der Waals surface area contributed by atoms with E-state index in [1.807, 2.05) is 0 Å². The van der Waals surface area contributed by atoms with E-state index in [0.717, 1.165) is 18.8 Å². The molecule has 0 radical (unpaired) electrons. The zero-order valence-electron chi connectivity index (χ0n) is 9.00. The Balaban J connectivity index is 3.21. The van der Waals surface area contributed by atoms with Gasteiger partial charge in [-0.25, -0.2) is 0 Å². The van der Waals surface area contributed by atoms with Gasteiger partial charge < -0.3 is 10.2 Å². The Kier molecular flexibility index (Phi) is 8.46. The van der Waals surface area contributed by atoms with Gasteiger partial charge in [-0.05, 0) is 12.3 Å². The zero-order chi connectivity index (χ0) is 10.1. The molecule has 0 aliphatic heterocycles. The molecule has 80 valence electrons. The van der Waals surface area contributed by atoms with Crippen molar-refractivity contribution in [1.29, 1.82) is 0 Å².